The van der Waals surface area contributed by atoms with Crippen LogP contribution in [0.15, 0.2) is 10.4 Å². The summed E-state index contributed by atoms with van der Waals surface area (Å²) in [5, 5.41) is 4.77. The Balaban J connectivity index is 1.88. The molecular formula is C16H25F3N4OS. The molecule has 1 saturated heterocycles. The van der Waals surface area contributed by atoms with Crippen molar-refractivity contribution in [1.82, 2.24) is 15.2 Å². The van der Waals surface area contributed by atoms with Crippen molar-refractivity contribution >= 4 is 17.3 Å². The van der Waals surface area contributed by atoms with Crippen LogP contribution in [0.1, 0.15) is 31.0 Å². The Morgan fingerprint density at radius 2 is 2.28 bits per heavy atom. The monoisotopic (exact) mass is 378 g/mol. The number of halogens is 3. The van der Waals surface area contributed by atoms with Gasteiger partial charge in [-0.15, -0.1) is 11.3 Å². The zero-order chi connectivity index (χ0) is 18.3. The van der Waals surface area contributed by atoms with Crippen molar-refractivity contribution in [2.75, 3.05) is 39.4 Å². The number of guanidine groups is 1. The highest BCUT2D eigenvalue weighted by Gasteiger charge is 2.33. The molecule has 0 bridgehead atoms. The molecule has 0 saturated carbocycles. The van der Waals surface area contributed by atoms with E-state index < -0.39 is 11.9 Å². The second-order valence-electron chi connectivity index (χ2n) is 5.87. The minimum atomic E-state index is -4.38. The van der Waals surface area contributed by atoms with Gasteiger partial charge < -0.3 is 15.0 Å². The predicted octanol–water partition coefficient (Wildman–Crippen LogP) is 3.03. The molecule has 2 heterocycles. The molecule has 1 aliphatic heterocycles. The molecule has 0 aliphatic carbocycles. The predicted molar refractivity (Wildman–Crippen MR) is 93.0 cm³/mol. The average molecular weight is 378 g/mol. The first-order valence-corrected chi connectivity index (χ1v) is 9.44. The Morgan fingerprint density at radius 3 is 2.92 bits per heavy atom. The fourth-order valence-corrected chi connectivity index (χ4v) is 3.48. The molecule has 0 radical (unpaired) electrons. The Hall–Kier alpha value is -1.35. The molecule has 9 heteroatoms. The molecule has 1 atom stereocenters. The number of nitrogens with zero attached hydrogens (tertiary/aromatic N) is 3. The number of nitrogens with one attached hydrogen (secondary N) is 1. The number of ether oxygens (including phenoxy) is 1. The Bertz CT molecular complexity index is 562. The summed E-state index contributed by atoms with van der Waals surface area (Å²) in [6.45, 7) is 8.44. The molecule has 0 spiro atoms. The van der Waals surface area contributed by atoms with Gasteiger partial charge in [0.2, 0.25) is 0 Å². The molecule has 1 aromatic heterocycles. The van der Waals surface area contributed by atoms with Crippen molar-refractivity contribution < 1.29 is 17.9 Å². The van der Waals surface area contributed by atoms with Gasteiger partial charge in [0.25, 0.3) is 0 Å². The number of hydrogen-bond acceptors (Lipinski definition) is 4. The summed E-state index contributed by atoms with van der Waals surface area (Å²) in [5.41, 5.74) is -0.818. The summed E-state index contributed by atoms with van der Waals surface area (Å²) < 4.78 is 43.2. The number of rotatable bonds is 7. The van der Waals surface area contributed by atoms with Gasteiger partial charge in [0.1, 0.15) is 0 Å². The Labute approximate surface area is 150 Å². The SMILES string of the molecule is CCNC(=NCCc1nc(C(F)(F)F)cs1)N1CCC(COCC)C1. The van der Waals surface area contributed by atoms with Crippen LogP contribution >= 0.6 is 11.3 Å². The average Bonchev–Trinajstić information content (AvgIpc) is 3.21. The first-order chi connectivity index (χ1) is 11.9. The van der Waals surface area contributed by atoms with Crippen molar-refractivity contribution in [1.29, 1.82) is 0 Å². The highest BCUT2D eigenvalue weighted by Crippen LogP contribution is 2.30. The number of aliphatic imine (C=N–C) groups is 1. The van der Waals surface area contributed by atoms with Crippen LogP contribution in [-0.2, 0) is 17.3 Å². The van der Waals surface area contributed by atoms with Crippen LogP contribution < -0.4 is 5.32 Å². The van der Waals surface area contributed by atoms with Crippen molar-refractivity contribution in [2.24, 2.45) is 10.9 Å². The van der Waals surface area contributed by atoms with Crippen LogP contribution in [0.5, 0.6) is 0 Å². The third kappa shape index (κ3) is 6.14. The van der Waals surface area contributed by atoms with Crippen molar-refractivity contribution in [3.05, 3.63) is 16.1 Å². The molecule has 1 fully saturated rings. The summed E-state index contributed by atoms with van der Waals surface area (Å²) in [6.07, 6.45) is -2.91. The van der Waals surface area contributed by atoms with Crippen LogP contribution in [-0.4, -0.2) is 55.2 Å². The first-order valence-electron chi connectivity index (χ1n) is 8.56. The normalized spacial score (nSPS) is 18.8. The number of hydrogen-bond donors (Lipinski definition) is 1. The van der Waals surface area contributed by atoms with Crippen LogP contribution in [0.25, 0.3) is 0 Å². The minimum absolute atomic E-state index is 0.409. The zero-order valence-electron chi connectivity index (χ0n) is 14.6. The topological polar surface area (TPSA) is 49.8 Å². The van der Waals surface area contributed by atoms with Crippen molar-refractivity contribution in [3.63, 3.8) is 0 Å². The summed E-state index contributed by atoms with van der Waals surface area (Å²) in [7, 11) is 0. The van der Waals surface area contributed by atoms with Crippen LogP contribution in [0.3, 0.4) is 0 Å². The molecule has 5 nitrogen and oxygen atoms in total. The lowest BCUT2D eigenvalue weighted by Crippen LogP contribution is -2.40. The van der Waals surface area contributed by atoms with E-state index in [0.717, 1.165) is 61.9 Å². The lowest BCUT2D eigenvalue weighted by atomic mass is 10.1. The van der Waals surface area contributed by atoms with E-state index in [2.05, 4.69) is 20.2 Å². The van der Waals surface area contributed by atoms with E-state index in [4.69, 9.17) is 4.74 Å². The number of aromatic nitrogens is 1. The molecular weight excluding hydrogens is 353 g/mol. The lowest BCUT2D eigenvalue weighted by molar-refractivity contribution is -0.140. The highest BCUT2D eigenvalue weighted by atomic mass is 32.1. The fraction of sp³-hybridized carbons (Fsp3) is 0.750. The van der Waals surface area contributed by atoms with E-state index in [1.54, 1.807) is 0 Å². The van der Waals surface area contributed by atoms with E-state index >= 15 is 0 Å². The van der Waals surface area contributed by atoms with Crippen LogP contribution in [0.2, 0.25) is 0 Å². The smallest absolute Gasteiger partial charge is 0.381 e. The maximum Gasteiger partial charge on any atom is 0.434 e. The molecule has 1 aromatic rings. The van der Waals surface area contributed by atoms with Gasteiger partial charge in [-0.2, -0.15) is 13.2 Å². The fourth-order valence-electron chi connectivity index (χ4n) is 2.68. The van der Waals surface area contributed by atoms with E-state index in [1.165, 1.54) is 0 Å². The van der Waals surface area contributed by atoms with Gasteiger partial charge in [0, 0.05) is 50.5 Å². The van der Waals surface area contributed by atoms with Gasteiger partial charge >= 0.3 is 6.18 Å². The Morgan fingerprint density at radius 1 is 1.48 bits per heavy atom. The second-order valence-corrected chi connectivity index (χ2v) is 6.81. The molecule has 0 aromatic carbocycles. The molecule has 1 aliphatic rings. The molecule has 0 amide bonds. The lowest BCUT2D eigenvalue weighted by Gasteiger charge is -2.21. The van der Waals surface area contributed by atoms with E-state index in [1.807, 2.05) is 13.8 Å². The zero-order valence-corrected chi connectivity index (χ0v) is 15.4. The van der Waals surface area contributed by atoms with E-state index in [0.29, 0.717) is 23.9 Å². The van der Waals surface area contributed by atoms with Gasteiger partial charge in [-0.05, 0) is 20.3 Å². The highest BCUT2D eigenvalue weighted by molar-refractivity contribution is 7.09. The van der Waals surface area contributed by atoms with E-state index in [9.17, 15) is 13.2 Å². The standard InChI is InChI=1S/C16H25F3N4OS/c1-3-20-15(23-8-6-12(9-23)10-24-4-2)21-7-5-14-22-13(11-25-14)16(17,18)19/h11-12H,3-10H2,1-2H3,(H,20,21). The number of alkyl halides is 3. The molecule has 2 rings (SSSR count). The third-order valence-electron chi connectivity index (χ3n) is 3.91. The first kappa shape index (κ1) is 20.0. The summed E-state index contributed by atoms with van der Waals surface area (Å²) in [4.78, 5) is 10.4. The van der Waals surface area contributed by atoms with Gasteiger partial charge in [-0.1, -0.05) is 0 Å². The van der Waals surface area contributed by atoms with Gasteiger partial charge in [-0.25, -0.2) is 4.98 Å². The maximum absolute atomic E-state index is 12.6. The summed E-state index contributed by atoms with van der Waals surface area (Å²) in [5.74, 6) is 1.31. The molecule has 142 valence electrons. The number of likely N-dealkylation sites (tertiary alicyclic amines) is 1. The Kier molecular flexibility index (Phi) is 7.49. The summed E-state index contributed by atoms with van der Waals surface area (Å²) >= 11 is 1.03. The van der Waals surface area contributed by atoms with E-state index in [-0.39, 0.29) is 0 Å². The van der Waals surface area contributed by atoms with Crippen LogP contribution in [0, 0.1) is 5.92 Å². The third-order valence-corrected chi connectivity index (χ3v) is 4.82. The molecule has 25 heavy (non-hydrogen) atoms. The van der Waals surface area contributed by atoms with Crippen LogP contribution in [0.4, 0.5) is 13.2 Å². The van der Waals surface area contributed by atoms with Gasteiger partial charge in [0.05, 0.1) is 11.6 Å². The van der Waals surface area contributed by atoms with Crippen molar-refractivity contribution in [2.45, 2.75) is 32.9 Å². The second kappa shape index (κ2) is 9.38. The maximum atomic E-state index is 12.6. The quantitative estimate of drug-likeness (QED) is 0.585. The molecule has 1 N–H and O–H groups in total. The number of thiazole rings is 1. The van der Waals surface area contributed by atoms with Gasteiger partial charge in [-0.3, -0.25) is 4.99 Å². The largest absolute Gasteiger partial charge is 0.434 e. The van der Waals surface area contributed by atoms with Crippen molar-refractivity contribution in [3.8, 4) is 0 Å². The minimum Gasteiger partial charge on any atom is -0.381 e. The summed E-state index contributed by atoms with van der Waals surface area (Å²) in [6, 6.07) is 0. The molecule has 1 unspecified atom stereocenters. The van der Waals surface area contributed by atoms with Gasteiger partial charge in [0.15, 0.2) is 11.7 Å².